The van der Waals surface area contributed by atoms with Crippen molar-refractivity contribution in [3.05, 3.63) is 0 Å². The molecule has 0 radical (unpaired) electrons. The van der Waals surface area contributed by atoms with Crippen LogP contribution in [-0.2, 0) is 9.59 Å². The minimum absolute atomic E-state index is 0.126. The van der Waals surface area contributed by atoms with E-state index in [0.29, 0.717) is 0 Å². The van der Waals surface area contributed by atoms with Gasteiger partial charge in [-0.15, -0.1) is 0 Å². The lowest BCUT2D eigenvalue weighted by Crippen LogP contribution is -2.35. The molecule has 0 aromatic heterocycles. The molecule has 0 rings (SSSR count). The summed E-state index contributed by atoms with van der Waals surface area (Å²) in [6.45, 7) is -0.126. The van der Waals surface area contributed by atoms with E-state index < -0.39 is 24.3 Å². The van der Waals surface area contributed by atoms with Crippen LogP contribution in [0.4, 0.5) is 0 Å². The number of carboxylic acid groups (broad SMARTS) is 1. The maximum absolute atomic E-state index is 10.2. The predicted molar refractivity (Wildman–Crippen MR) is 29.7 cm³/mol. The topological polar surface area (TPSA) is 103 Å². The Balaban J connectivity index is 3.68. The van der Waals surface area contributed by atoms with Crippen molar-refractivity contribution in [2.45, 2.75) is 12.5 Å². The van der Waals surface area contributed by atoms with Crippen LogP contribution in [0.1, 0.15) is 6.42 Å². The summed E-state index contributed by atoms with van der Waals surface area (Å²) >= 11 is 0. The monoisotopic (exact) mass is 146 g/mol. The number of aliphatic hydroxyl groups is 1. The quantitative estimate of drug-likeness (QED) is 0.412. The van der Waals surface area contributed by atoms with E-state index in [1.807, 2.05) is 0 Å². The number of carbonyl (C=O) groups is 2. The molecule has 0 aliphatic heterocycles. The number of ketones is 1. The molecule has 3 N–H and O–H groups in total. The first kappa shape index (κ1) is 9.06. The van der Waals surface area contributed by atoms with Crippen LogP contribution in [0.15, 0.2) is 0 Å². The minimum atomic E-state index is -1.78. The van der Waals surface area contributed by atoms with Gasteiger partial charge in [-0.1, -0.05) is 0 Å². The first-order valence-corrected chi connectivity index (χ1v) is 2.70. The zero-order valence-corrected chi connectivity index (χ0v) is 5.24. The second kappa shape index (κ2) is 3.97. The number of carbonyl (C=O) groups excluding carboxylic acids is 2. The van der Waals surface area contributed by atoms with E-state index >= 15 is 0 Å². The average molecular weight is 146 g/mol. The Morgan fingerprint density at radius 1 is 1.60 bits per heavy atom. The fourth-order valence-corrected chi connectivity index (χ4v) is 0.381. The highest BCUT2D eigenvalue weighted by molar-refractivity contribution is 6.31. The van der Waals surface area contributed by atoms with Crippen LogP contribution < -0.4 is 10.8 Å². The van der Waals surface area contributed by atoms with Gasteiger partial charge in [0, 0.05) is 13.0 Å². The van der Waals surface area contributed by atoms with Crippen LogP contribution in [0.2, 0.25) is 0 Å². The van der Waals surface area contributed by atoms with Gasteiger partial charge in [-0.2, -0.15) is 0 Å². The zero-order chi connectivity index (χ0) is 8.15. The summed E-state index contributed by atoms with van der Waals surface area (Å²) in [7, 11) is 0. The number of hydrogen-bond acceptors (Lipinski definition) is 5. The van der Waals surface area contributed by atoms with E-state index in [1.165, 1.54) is 0 Å². The summed E-state index contributed by atoms with van der Waals surface area (Å²) in [6.07, 6.45) is -1.55. The van der Waals surface area contributed by atoms with Crippen molar-refractivity contribution < 1.29 is 19.8 Å². The molecule has 5 heteroatoms. The molecule has 0 spiro atoms. The molecule has 0 aliphatic rings. The summed E-state index contributed by atoms with van der Waals surface area (Å²) in [4.78, 5) is 20.0. The molecule has 0 heterocycles. The van der Waals surface area contributed by atoms with Gasteiger partial charge in [-0.3, -0.25) is 4.79 Å². The lowest BCUT2D eigenvalue weighted by molar-refractivity contribution is -0.300. The lowest BCUT2D eigenvalue weighted by Gasteiger charge is -2.05. The van der Waals surface area contributed by atoms with E-state index in [1.54, 1.807) is 0 Å². The number of rotatable bonds is 4. The number of carboxylic acids is 1. The maximum Gasteiger partial charge on any atom is 0.180 e. The van der Waals surface area contributed by atoms with Crippen LogP contribution >= 0.6 is 0 Å². The highest BCUT2D eigenvalue weighted by atomic mass is 16.4. The molecular weight excluding hydrogens is 138 g/mol. The molecule has 0 saturated carbocycles. The largest absolute Gasteiger partial charge is 0.542 e. The molecule has 0 aromatic carbocycles. The van der Waals surface area contributed by atoms with Crippen molar-refractivity contribution >= 4 is 11.8 Å². The summed E-state index contributed by atoms with van der Waals surface area (Å²) in [5, 5.41) is 18.4. The van der Waals surface area contributed by atoms with E-state index in [-0.39, 0.29) is 6.54 Å². The van der Waals surface area contributed by atoms with Crippen LogP contribution in [0.25, 0.3) is 0 Å². The fraction of sp³-hybridized carbons (Fsp3) is 0.600. The molecule has 1 unspecified atom stereocenters. The Labute approximate surface area is 57.5 Å². The number of hydrogen-bond donors (Lipinski definition) is 2. The third-order valence-corrected chi connectivity index (χ3v) is 0.921. The summed E-state index contributed by atoms with van der Waals surface area (Å²) < 4.78 is 0. The summed E-state index contributed by atoms with van der Waals surface area (Å²) in [5.74, 6) is -2.91. The summed E-state index contributed by atoms with van der Waals surface area (Å²) in [6, 6.07) is 0. The number of aliphatic hydroxyl groups excluding tert-OH is 1. The highest BCUT2D eigenvalue weighted by Crippen LogP contribution is 1.88. The standard InChI is InChI=1S/C5H9NO4/c6-2-3(7)1-4(8)5(9)10/h3,7H,1-2,6H2,(H,9,10)/p-1. The van der Waals surface area contributed by atoms with Crippen molar-refractivity contribution in [2.24, 2.45) is 5.73 Å². The zero-order valence-electron chi connectivity index (χ0n) is 5.24. The van der Waals surface area contributed by atoms with Gasteiger partial charge in [0.15, 0.2) is 5.78 Å². The molecule has 0 fully saturated rings. The predicted octanol–water partition coefficient (Wildman–Crippen LogP) is -2.98. The van der Waals surface area contributed by atoms with Gasteiger partial charge in [0.1, 0.15) is 5.97 Å². The fourth-order valence-electron chi connectivity index (χ4n) is 0.381. The number of Topliss-reactive ketones (excluding diaryl/α,β-unsaturated/α-hetero) is 1. The van der Waals surface area contributed by atoms with Crippen LogP contribution in [0.5, 0.6) is 0 Å². The molecular formula is C5H8NO4-. The third kappa shape index (κ3) is 3.16. The lowest BCUT2D eigenvalue weighted by atomic mass is 10.2. The molecule has 0 saturated heterocycles. The normalized spacial score (nSPS) is 12.6. The minimum Gasteiger partial charge on any atom is -0.542 e. The Morgan fingerprint density at radius 3 is 2.40 bits per heavy atom. The highest BCUT2D eigenvalue weighted by Gasteiger charge is 2.08. The maximum atomic E-state index is 10.2. The smallest absolute Gasteiger partial charge is 0.180 e. The Morgan fingerprint density at radius 2 is 2.10 bits per heavy atom. The van der Waals surface area contributed by atoms with Gasteiger partial charge >= 0.3 is 0 Å². The second-order valence-electron chi connectivity index (χ2n) is 1.80. The Bertz CT molecular complexity index is 145. The Hall–Kier alpha value is -0.940. The molecule has 0 aromatic rings. The SMILES string of the molecule is NCC(O)CC(=O)C(=O)[O-]. The van der Waals surface area contributed by atoms with Gasteiger partial charge in [0.25, 0.3) is 0 Å². The van der Waals surface area contributed by atoms with Crippen molar-refractivity contribution in [3.8, 4) is 0 Å². The molecule has 0 amide bonds. The molecule has 0 bridgehead atoms. The Kier molecular flexibility index (Phi) is 3.60. The van der Waals surface area contributed by atoms with Gasteiger partial charge in [-0.25, -0.2) is 0 Å². The van der Waals surface area contributed by atoms with E-state index in [4.69, 9.17) is 10.8 Å². The number of aliphatic carboxylic acids is 1. The van der Waals surface area contributed by atoms with Gasteiger partial charge < -0.3 is 20.7 Å². The first-order valence-electron chi connectivity index (χ1n) is 2.70. The van der Waals surface area contributed by atoms with Gasteiger partial charge in [-0.05, 0) is 0 Å². The van der Waals surface area contributed by atoms with E-state index in [0.717, 1.165) is 0 Å². The number of nitrogens with two attached hydrogens (primary N) is 1. The molecule has 1 atom stereocenters. The van der Waals surface area contributed by atoms with Crippen LogP contribution in [0.3, 0.4) is 0 Å². The average Bonchev–Trinajstić information content (AvgIpc) is 1.87. The van der Waals surface area contributed by atoms with Crippen molar-refractivity contribution in [2.75, 3.05) is 6.54 Å². The van der Waals surface area contributed by atoms with E-state index in [2.05, 4.69) is 0 Å². The van der Waals surface area contributed by atoms with Gasteiger partial charge in [0.2, 0.25) is 0 Å². The van der Waals surface area contributed by atoms with E-state index in [9.17, 15) is 14.7 Å². The van der Waals surface area contributed by atoms with Gasteiger partial charge in [0.05, 0.1) is 6.10 Å². The summed E-state index contributed by atoms with van der Waals surface area (Å²) in [5.41, 5.74) is 4.90. The first-order chi connectivity index (χ1) is 4.57. The molecule has 5 nitrogen and oxygen atoms in total. The van der Waals surface area contributed by atoms with Crippen LogP contribution in [0, 0.1) is 0 Å². The van der Waals surface area contributed by atoms with Crippen molar-refractivity contribution in [3.63, 3.8) is 0 Å². The molecule has 58 valence electrons. The third-order valence-electron chi connectivity index (χ3n) is 0.921. The second-order valence-corrected chi connectivity index (χ2v) is 1.80. The van der Waals surface area contributed by atoms with Crippen LogP contribution in [-0.4, -0.2) is 29.5 Å². The van der Waals surface area contributed by atoms with Crippen molar-refractivity contribution in [1.29, 1.82) is 0 Å². The van der Waals surface area contributed by atoms with Crippen molar-refractivity contribution in [1.82, 2.24) is 0 Å². The molecule has 0 aliphatic carbocycles. The molecule has 10 heavy (non-hydrogen) atoms.